The van der Waals surface area contributed by atoms with Crippen LogP contribution in [-0.4, -0.2) is 31.7 Å². The van der Waals surface area contributed by atoms with Gasteiger partial charge in [0, 0.05) is 17.1 Å². The lowest BCUT2D eigenvalue weighted by Gasteiger charge is -2.08. The Morgan fingerprint density at radius 2 is 1.76 bits per heavy atom. The van der Waals surface area contributed by atoms with E-state index in [1.807, 2.05) is 18.2 Å². The number of benzene rings is 2. The highest BCUT2D eigenvalue weighted by Crippen LogP contribution is 2.32. The quantitative estimate of drug-likeness (QED) is 0.827. The van der Waals surface area contributed by atoms with Gasteiger partial charge in [-0.3, -0.25) is 9.59 Å². The summed E-state index contributed by atoms with van der Waals surface area (Å²) < 4.78 is 10.6. The second kappa shape index (κ2) is 7.90. The van der Waals surface area contributed by atoms with Gasteiger partial charge in [0.05, 0.1) is 6.54 Å². The number of hydrogen-bond acceptors (Lipinski definition) is 4. The normalized spacial score (nSPS) is 11.9. The van der Waals surface area contributed by atoms with Crippen molar-refractivity contribution < 1.29 is 19.1 Å². The molecule has 0 atom stereocenters. The Bertz CT molecular complexity index is 777. The molecule has 0 saturated carbocycles. The van der Waals surface area contributed by atoms with E-state index in [1.54, 1.807) is 24.3 Å². The molecule has 7 heteroatoms. The monoisotopic (exact) mass is 360 g/mol. The third-order valence-electron chi connectivity index (χ3n) is 3.69. The lowest BCUT2D eigenvalue weighted by atomic mass is 10.1. The Morgan fingerprint density at radius 1 is 1.00 bits per heavy atom. The first kappa shape index (κ1) is 17.1. The number of carbonyl (C=O) groups excluding carboxylic acids is 2. The Labute approximate surface area is 150 Å². The van der Waals surface area contributed by atoms with Crippen LogP contribution in [0.25, 0.3) is 0 Å². The largest absolute Gasteiger partial charge is 0.454 e. The highest BCUT2D eigenvalue weighted by Gasteiger charge is 2.13. The smallest absolute Gasteiger partial charge is 0.251 e. The third-order valence-corrected chi connectivity index (χ3v) is 3.94. The average Bonchev–Trinajstić information content (AvgIpc) is 3.08. The van der Waals surface area contributed by atoms with Crippen molar-refractivity contribution in [3.8, 4) is 11.5 Å². The molecule has 0 spiro atoms. The predicted molar refractivity (Wildman–Crippen MR) is 93.1 cm³/mol. The standard InChI is InChI=1S/C18H17ClN2O4/c19-14-4-2-13(3-5-14)18(23)21-10-17(22)20-8-7-12-1-6-15-16(9-12)25-11-24-15/h1-6,9H,7-8,10-11H2,(H,20,22)(H,21,23). The zero-order valence-corrected chi connectivity index (χ0v) is 14.1. The molecule has 3 rings (SSSR count). The molecule has 2 amide bonds. The zero-order chi connectivity index (χ0) is 17.6. The molecule has 0 aromatic heterocycles. The van der Waals surface area contributed by atoms with Crippen LogP contribution in [0.15, 0.2) is 42.5 Å². The van der Waals surface area contributed by atoms with E-state index in [9.17, 15) is 9.59 Å². The molecule has 6 nitrogen and oxygen atoms in total. The molecule has 0 radical (unpaired) electrons. The Morgan fingerprint density at radius 3 is 2.56 bits per heavy atom. The summed E-state index contributed by atoms with van der Waals surface area (Å²) in [5.74, 6) is 0.891. The van der Waals surface area contributed by atoms with Gasteiger partial charge in [-0.15, -0.1) is 0 Å². The third kappa shape index (κ3) is 4.64. The van der Waals surface area contributed by atoms with Crippen LogP contribution >= 0.6 is 11.6 Å². The summed E-state index contributed by atoms with van der Waals surface area (Å²) in [5.41, 5.74) is 1.49. The minimum Gasteiger partial charge on any atom is -0.454 e. The molecule has 0 fully saturated rings. The second-order valence-electron chi connectivity index (χ2n) is 5.48. The van der Waals surface area contributed by atoms with E-state index in [0.29, 0.717) is 23.6 Å². The van der Waals surface area contributed by atoms with Crippen LogP contribution in [0.2, 0.25) is 5.02 Å². The maximum absolute atomic E-state index is 11.9. The average molecular weight is 361 g/mol. The number of nitrogens with one attached hydrogen (secondary N) is 2. The number of rotatable bonds is 6. The van der Waals surface area contributed by atoms with Crippen LogP contribution < -0.4 is 20.1 Å². The van der Waals surface area contributed by atoms with Crippen molar-refractivity contribution in [1.82, 2.24) is 10.6 Å². The van der Waals surface area contributed by atoms with Crippen molar-refractivity contribution in [3.05, 3.63) is 58.6 Å². The number of hydrogen-bond donors (Lipinski definition) is 2. The van der Waals surface area contributed by atoms with Crippen molar-refractivity contribution in [2.24, 2.45) is 0 Å². The van der Waals surface area contributed by atoms with Gasteiger partial charge in [-0.25, -0.2) is 0 Å². The van der Waals surface area contributed by atoms with E-state index >= 15 is 0 Å². The first-order chi connectivity index (χ1) is 12.1. The van der Waals surface area contributed by atoms with Crippen molar-refractivity contribution in [2.75, 3.05) is 19.9 Å². The molecule has 1 aliphatic rings. The molecule has 0 bridgehead atoms. The van der Waals surface area contributed by atoms with Gasteiger partial charge in [-0.05, 0) is 48.4 Å². The summed E-state index contributed by atoms with van der Waals surface area (Å²) >= 11 is 5.77. The molecule has 25 heavy (non-hydrogen) atoms. The first-order valence-corrected chi connectivity index (χ1v) is 8.18. The number of carbonyl (C=O) groups is 2. The molecule has 1 aliphatic heterocycles. The number of ether oxygens (including phenoxy) is 2. The summed E-state index contributed by atoms with van der Waals surface area (Å²) in [6, 6.07) is 12.2. The van der Waals surface area contributed by atoms with Gasteiger partial charge in [0.2, 0.25) is 12.7 Å². The van der Waals surface area contributed by atoms with E-state index in [4.69, 9.17) is 21.1 Å². The molecule has 0 unspecified atom stereocenters. The fourth-order valence-corrected chi connectivity index (χ4v) is 2.50. The van der Waals surface area contributed by atoms with E-state index in [1.165, 1.54) is 0 Å². The lowest BCUT2D eigenvalue weighted by Crippen LogP contribution is -2.37. The predicted octanol–water partition coefficient (Wildman–Crippen LogP) is 2.16. The minimum absolute atomic E-state index is 0.0808. The number of fused-ring (bicyclic) bond motifs is 1. The van der Waals surface area contributed by atoms with E-state index in [0.717, 1.165) is 17.1 Å². The van der Waals surface area contributed by atoms with Gasteiger partial charge in [0.1, 0.15) is 0 Å². The van der Waals surface area contributed by atoms with E-state index in [2.05, 4.69) is 10.6 Å². The van der Waals surface area contributed by atoms with Crippen molar-refractivity contribution in [1.29, 1.82) is 0 Å². The van der Waals surface area contributed by atoms with Crippen molar-refractivity contribution in [3.63, 3.8) is 0 Å². The van der Waals surface area contributed by atoms with Crippen LogP contribution in [0.1, 0.15) is 15.9 Å². The molecule has 2 aromatic carbocycles. The Balaban J connectivity index is 1.39. The number of halogens is 1. The highest BCUT2D eigenvalue weighted by molar-refractivity contribution is 6.30. The lowest BCUT2D eigenvalue weighted by molar-refractivity contribution is -0.120. The van der Waals surface area contributed by atoms with Gasteiger partial charge >= 0.3 is 0 Å². The van der Waals surface area contributed by atoms with Crippen LogP contribution in [0, 0.1) is 0 Å². The van der Waals surface area contributed by atoms with Crippen LogP contribution in [-0.2, 0) is 11.2 Å². The Kier molecular flexibility index (Phi) is 5.40. The van der Waals surface area contributed by atoms with E-state index < -0.39 is 0 Å². The SMILES string of the molecule is O=C(CNC(=O)c1ccc(Cl)cc1)NCCc1ccc2c(c1)OCO2. The first-order valence-electron chi connectivity index (χ1n) is 7.81. The maximum Gasteiger partial charge on any atom is 0.251 e. The van der Waals surface area contributed by atoms with Crippen LogP contribution in [0.3, 0.4) is 0 Å². The second-order valence-corrected chi connectivity index (χ2v) is 5.91. The van der Waals surface area contributed by atoms with E-state index in [-0.39, 0.29) is 25.2 Å². The fourth-order valence-electron chi connectivity index (χ4n) is 2.37. The van der Waals surface area contributed by atoms with Gasteiger partial charge in [-0.1, -0.05) is 17.7 Å². The maximum atomic E-state index is 11.9. The van der Waals surface area contributed by atoms with Crippen LogP contribution in [0.4, 0.5) is 0 Å². The summed E-state index contributed by atoms with van der Waals surface area (Å²) in [7, 11) is 0. The van der Waals surface area contributed by atoms with Gasteiger partial charge in [-0.2, -0.15) is 0 Å². The molecule has 0 aliphatic carbocycles. The van der Waals surface area contributed by atoms with Crippen molar-refractivity contribution in [2.45, 2.75) is 6.42 Å². The molecule has 130 valence electrons. The van der Waals surface area contributed by atoms with Gasteiger partial charge < -0.3 is 20.1 Å². The fraction of sp³-hybridized carbons (Fsp3) is 0.222. The molecule has 1 heterocycles. The summed E-state index contributed by atoms with van der Waals surface area (Å²) in [6.45, 7) is 0.626. The minimum atomic E-state index is -0.317. The molecule has 2 aromatic rings. The Hall–Kier alpha value is -2.73. The van der Waals surface area contributed by atoms with Gasteiger partial charge in [0.15, 0.2) is 11.5 Å². The summed E-state index contributed by atoms with van der Waals surface area (Å²) in [4.78, 5) is 23.7. The molecule has 2 N–H and O–H groups in total. The topological polar surface area (TPSA) is 76.7 Å². The summed E-state index contributed by atoms with van der Waals surface area (Å²) in [5, 5.41) is 5.89. The summed E-state index contributed by atoms with van der Waals surface area (Å²) in [6.07, 6.45) is 0.660. The highest BCUT2D eigenvalue weighted by atomic mass is 35.5. The molecular weight excluding hydrogens is 344 g/mol. The molecular formula is C18H17ClN2O4. The van der Waals surface area contributed by atoms with Crippen LogP contribution in [0.5, 0.6) is 11.5 Å². The molecule has 0 saturated heterocycles. The van der Waals surface area contributed by atoms with Gasteiger partial charge in [0.25, 0.3) is 5.91 Å². The van der Waals surface area contributed by atoms with Crippen molar-refractivity contribution >= 4 is 23.4 Å². The number of amides is 2. The zero-order valence-electron chi connectivity index (χ0n) is 13.4.